The summed E-state index contributed by atoms with van der Waals surface area (Å²) in [6.45, 7) is 6.43. The van der Waals surface area contributed by atoms with Gasteiger partial charge in [0.2, 0.25) is 0 Å². The van der Waals surface area contributed by atoms with Crippen LogP contribution >= 0.6 is 35.3 Å². The van der Waals surface area contributed by atoms with Gasteiger partial charge in [-0.25, -0.2) is 4.99 Å². The number of nitrogens with zero attached hydrogens (tertiary/aromatic N) is 1. The van der Waals surface area contributed by atoms with Crippen molar-refractivity contribution in [2.24, 2.45) is 4.99 Å². The predicted molar refractivity (Wildman–Crippen MR) is 121 cm³/mol. The maximum atomic E-state index is 5.47. The van der Waals surface area contributed by atoms with Crippen LogP contribution in [0.15, 0.2) is 40.0 Å². The van der Waals surface area contributed by atoms with Gasteiger partial charge in [0, 0.05) is 18.7 Å². The molecule has 0 spiro atoms. The molecular formula is C19H28IN3O2S. The molecule has 2 rings (SSSR count). The molecule has 1 atom stereocenters. The van der Waals surface area contributed by atoms with E-state index < -0.39 is 0 Å². The van der Waals surface area contributed by atoms with E-state index in [2.05, 4.69) is 46.3 Å². The van der Waals surface area contributed by atoms with Crippen LogP contribution in [0.4, 0.5) is 0 Å². The highest BCUT2D eigenvalue weighted by Crippen LogP contribution is 2.31. The summed E-state index contributed by atoms with van der Waals surface area (Å²) in [4.78, 5) is 4.68. The van der Waals surface area contributed by atoms with Crippen molar-refractivity contribution in [2.75, 3.05) is 27.3 Å². The van der Waals surface area contributed by atoms with E-state index in [0.717, 1.165) is 36.1 Å². The molecule has 0 bridgehead atoms. The summed E-state index contributed by atoms with van der Waals surface area (Å²) in [5, 5.41) is 11.0. The number of guanidine groups is 1. The van der Waals surface area contributed by atoms with E-state index >= 15 is 0 Å². The van der Waals surface area contributed by atoms with Crippen molar-refractivity contribution in [2.45, 2.75) is 26.3 Å². The number of ether oxygens (including phenoxy) is 2. The number of thiophene rings is 1. The molecule has 0 radical (unpaired) electrons. The summed E-state index contributed by atoms with van der Waals surface area (Å²) in [5.74, 6) is 2.69. The van der Waals surface area contributed by atoms with Crippen molar-refractivity contribution in [3.05, 3.63) is 46.2 Å². The lowest BCUT2D eigenvalue weighted by Crippen LogP contribution is -2.39. The Kier molecular flexibility index (Phi) is 10.4. The van der Waals surface area contributed by atoms with Crippen molar-refractivity contribution >= 4 is 41.3 Å². The first-order valence-electron chi connectivity index (χ1n) is 8.43. The minimum absolute atomic E-state index is 0. The van der Waals surface area contributed by atoms with Crippen molar-refractivity contribution in [1.29, 1.82) is 0 Å². The highest BCUT2D eigenvalue weighted by atomic mass is 127. The molecule has 26 heavy (non-hydrogen) atoms. The van der Waals surface area contributed by atoms with E-state index in [-0.39, 0.29) is 24.0 Å². The Hall–Kier alpha value is -1.48. The van der Waals surface area contributed by atoms with Gasteiger partial charge in [-0.1, -0.05) is 19.1 Å². The zero-order valence-corrected chi connectivity index (χ0v) is 18.9. The van der Waals surface area contributed by atoms with Gasteiger partial charge in [-0.05, 0) is 41.3 Å². The third-order valence-electron chi connectivity index (χ3n) is 3.92. The smallest absolute Gasteiger partial charge is 0.191 e. The fourth-order valence-corrected chi connectivity index (χ4v) is 3.29. The molecule has 0 saturated carbocycles. The molecule has 1 aromatic carbocycles. The average Bonchev–Trinajstić information content (AvgIpc) is 3.18. The van der Waals surface area contributed by atoms with Crippen molar-refractivity contribution in [1.82, 2.24) is 10.6 Å². The molecule has 1 aromatic heterocycles. The van der Waals surface area contributed by atoms with Crippen LogP contribution in [0.2, 0.25) is 0 Å². The molecule has 0 aliphatic carbocycles. The number of aliphatic imine (C=N–C) groups is 1. The summed E-state index contributed by atoms with van der Waals surface area (Å²) in [5.41, 5.74) is 2.34. The lowest BCUT2D eigenvalue weighted by atomic mass is 10.1. The van der Waals surface area contributed by atoms with E-state index in [4.69, 9.17) is 9.47 Å². The summed E-state index contributed by atoms with van der Waals surface area (Å²) >= 11 is 1.73. The first-order chi connectivity index (χ1) is 12.2. The molecule has 0 fully saturated rings. The average molecular weight is 489 g/mol. The molecular weight excluding hydrogens is 461 g/mol. The summed E-state index contributed by atoms with van der Waals surface area (Å²) in [6, 6.07) is 8.01. The van der Waals surface area contributed by atoms with E-state index in [9.17, 15) is 0 Å². The number of para-hydroxylation sites is 1. The van der Waals surface area contributed by atoms with Gasteiger partial charge < -0.3 is 20.1 Å². The number of halogens is 1. The van der Waals surface area contributed by atoms with E-state index in [0.29, 0.717) is 12.5 Å². The van der Waals surface area contributed by atoms with Gasteiger partial charge in [0.1, 0.15) is 0 Å². The highest BCUT2D eigenvalue weighted by Gasteiger charge is 2.10. The van der Waals surface area contributed by atoms with Crippen LogP contribution in [-0.4, -0.2) is 33.3 Å². The minimum atomic E-state index is 0. The van der Waals surface area contributed by atoms with Gasteiger partial charge in [-0.2, -0.15) is 11.3 Å². The molecule has 0 aliphatic heterocycles. The zero-order valence-electron chi connectivity index (χ0n) is 15.7. The van der Waals surface area contributed by atoms with Crippen LogP contribution in [0.3, 0.4) is 0 Å². The van der Waals surface area contributed by atoms with Gasteiger partial charge in [0.15, 0.2) is 17.5 Å². The van der Waals surface area contributed by atoms with Crippen LogP contribution in [0.1, 0.15) is 30.9 Å². The Labute approximate surface area is 177 Å². The monoisotopic (exact) mass is 489 g/mol. The molecule has 1 unspecified atom stereocenters. The first kappa shape index (κ1) is 22.6. The fraction of sp³-hybridized carbons (Fsp3) is 0.421. The normalized spacial score (nSPS) is 12.1. The minimum Gasteiger partial charge on any atom is -0.493 e. The van der Waals surface area contributed by atoms with Crippen LogP contribution in [0.25, 0.3) is 0 Å². The van der Waals surface area contributed by atoms with Crippen molar-refractivity contribution in [3.8, 4) is 11.5 Å². The summed E-state index contributed by atoms with van der Waals surface area (Å²) in [7, 11) is 3.29. The molecule has 7 heteroatoms. The van der Waals surface area contributed by atoms with Crippen molar-refractivity contribution in [3.63, 3.8) is 0 Å². The van der Waals surface area contributed by atoms with Crippen LogP contribution in [0, 0.1) is 0 Å². The van der Waals surface area contributed by atoms with E-state index in [1.807, 2.05) is 18.2 Å². The number of hydrogen-bond acceptors (Lipinski definition) is 4. The molecule has 5 nitrogen and oxygen atoms in total. The third kappa shape index (κ3) is 6.35. The number of rotatable bonds is 8. The summed E-state index contributed by atoms with van der Waals surface area (Å²) in [6.07, 6.45) is 0. The topological polar surface area (TPSA) is 54.9 Å². The lowest BCUT2D eigenvalue weighted by Gasteiger charge is -2.16. The molecule has 2 N–H and O–H groups in total. The molecule has 1 heterocycles. The van der Waals surface area contributed by atoms with Gasteiger partial charge in [-0.15, -0.1) is 24.0 Å². The third-order valence-corrected chi connectivity index (χ3v) is 4.63. The van der Waals surface area contributed by atoms with Gasteiger partial charge in [0.05, 0.1) is 20.8 Å². The van der Waals surface area contributed by atoms with Crippen molar-refractivity contribution < 1.29 is 9.47 Å². The number of nitrogens with one attached hydrogen (secondary N) is 2. The van der Waals surface area contributed by atoms with Gasteiger partial charge in [-0.3, -0.25) is 0 Å². The number of benzene rings is 1. The second kappa shape index (κ2) is 12.0. The molecule has 2 aromatic rings. The van der Waals surface area contributed by atoms with Crippen LogP contribution in [0.5, 0.6) is 11.5 Å². The molecule has 144 valence electrons. The Morgan fingerprint density at radius 2 is 2.00 bits per heavy atom. The van der Waals surface area contributed by atoms with Gasteiger partial charge >= 0.3 is 0 Å². The SMILES string of the molecule is CCNC(=NCc1cccc(OC)c1OC)NCC(C)c1ccsc1.I. The molecule has 0 amide bonds. The van der Waals surface area contributed by atoms with Gasteiger partial charge in [0.25, 0.3) is 0 Å². The second-order valence-corrected chi connectivity index (χ2v) is 6.47. The Morgan fingerprint density at radius 1 is 1.19 bits per heavy atom. The maximum Gasteiger partial charge on any atom is 0.191 e. The lowest BCUT2D eigenvalue weighted by molar-refractivity contribution is 0.352. The van der Waals surface area contributed by atoms with Crippen LogP contribution < -0.4 is 20.1 Å². The molecule has 0 saturated heterocycles. The highest BCUT2D eigenvalue weighted by molar-refractivity contribution is 14.0. The van der Waals surface area contributed by atoms with E-state index in [1.54, 1.807) is 25.6 Å². The second-order valence-electron chi connectivity index (χ2n) is 5.69. The largest absolute Gasteiger partial charge is 0.493 e. The molecule has 0 aliphatic rings. The van der Waals surface area contributed by atoms with E-state index in [1.165, 1.54) is 5.56 Å². The predicted octanol–water partition coefficient (Wildman–Crippen LogP) is 4.24. The Morgan fingerprint density at radius 3 is 2.62 bits per heavy atom. The first-order valence-corrected chi connectivity index (χ1v) is 9.38. The fourth-order valence-electron chi connectivity index (χ4n) is 2.51. The summed E-state index contributed by atoms with van der Waals surface area (Å²) < 4.78 is 10.8. The Balaban J connectivity index is 0.00000338. The number of methoxy groups -OCH3 is 2. The number of hydrogen-bond donors (Lipinski definition) is 2. The van der Waals surface area contributed by atoms with Crippen LogP contribution in [-0.2, 0) is 6.54 Å². The quantitative estimate of drug-likeness (QED) is 0.331. The Bertz CT molecular complexity index is 677. The standard InChI is InChI=1S/C19H27N3O2S.HI/c1-5-20-19(21-11-14(2)16-9-10-25-13-16)22-12-15-7-6-8-17(23-3)18(15)24-4;/h6-10,13-14H,5,11-12H2,1-4H3,(H2,20,21,22);1H. The zero-order chi connectivity index (χ0) is 18.1. The maximum absolute atomic E-state index is 5.47.